The van der Waals surface area contributed by atoms with E-state index >= 15 is 0 Å². The molecule has 1 fully saturated rings. The van der Waals surface area contributed by atoms with E-state index in [0.717, 1.165) is 10.0 Å². The molecule has 1 aromatic rings. The molecule has 3 rings (SSSR count). The van der Waals surface area contributed by atoms with Crippen LogP contribution in [-0.2, 0) is 9.53 Å². The molecule has 8 heteroatoms. The zero-order valence-electron chi connectivity index (χ0n) is 13.5. The van der Waals surface area contributed by atoms with E-state index in [1.807, 2.05) is 19.1 Å². The monoisotopic (exact) mass is 420 g/mol. The third-order valence-corrected chi connectivity index (χ3v) is 5.00. The molecule has 0 radical (unpaired) electrons. The van der Waals surface area contributed by atoms with Crippen LogP contribution < -0.4 is 20.5 Å². The molecule has 134 valence electrons. The smallest absolute Gasteiger partial charge is 0.240 e. The highest BCUT2D eigenvalue weighted by atomic mass is 79.9. The third kappa shape index (κ3) is 3.96. The van der Waals surface area contributed by atoms with Gasteiger partial charge in [-0.05, 0) is 37.5 Å². The molecule has 0 saturated carbocycles. The van der Waals surface area contributed by atoms with Gasteiger partial charge in [0.2, 0.25) is 5.91 Å². The van der Waals surface area contributed by atoms with Gasteiger partial charge < -0.3 is 25.3 Å². The highest BCUT2D eigenvalue weighted by Gasteiger charge is 2.36. The topological polar surface area (TPSA) is 82.8 Å². The van der Waals surface area contributed by atoms with Crippen molar-refractivity contribution < 1.29 is 19.0 Å². The van der Waals surface area contributed by atoms with Crippen molar-refractivity contribution >= 4 is 34.2 Å². The van der Waals surface area contributed by atoms with Crippen molar-refractivity contribution in [3.05, 3.63) is 22.2 Å². The predicted octanol–water partition coefficient (Wildman–Crippen LogP) is 2.33. The number of hydrogen-bond donors (Lipinski definition) is 2. The van der Waals surface area contributed by atoms with Crippen LogP contribution in [0.15, 0.2) is 16.6 Å². The summed E-state index contributed by atoms with van der Waals surface area (Å²) in [5, 5.41) is 3.01. The summed E-state index contributed by atoms with van der Waals surface area (Å²) in [4.78, 5) is 12.5. The van der Waals surface area contributed by atoms with E-state index in [9.17, 15) is 4.79 Å². The minimum Gasteiger partial charge on any atom is -0.486 e. The summed E-state index contributed by atoms with van der Waals surface area (Å²) in [5.74, 6) is 1.27. The third-order valence-electron chi connectivity index (χ3n) is 4.31. The molecular weight excluding hydrogens is 400 g/mol. The molecular formula is C16H22BrClN2O4. The summed E-state index contributed by atoms with van der Waals surface area (Å²) in [5.41, 5.74) is 6.30. The van der Waals surface area contributed by atoms with Crippen LogP contribution in [0.5, 0.6) is 11.5 Å². The standard InChI is InChI=1S/C16H21BrN2O4.ClH/c1-10(19-15(20)16(18)2-4-21-5-3-16)11-8-13-14(9-12(11)17)23-7-6-22-13;/h8-10H,2-7,18H2,1H3,(H,19,20);1H. The number of nitrogens with one attached hydrogen (secondary N) is 1. The summed E-state index contributed by atoms with van der Waals surface area (Å²) in [6.45, 7) is 4.04. The number of carbonyl (C=O) groups is 1. The van der Waals surface area contributed by atoms with Gasteiger partial charge in [0.1, 0.15) is 13.2 Å². The Morgan fingerprint density at radius 2 is 1.79 bits per heavy atom. The Balaban J connectivity index is 0.00000208. The van der Waals surface area contributed by atoms with Gasteiger partial charge in [-0.3, -0.25) is 4.79 Å². The van der Waals surface area contributed by atoms with Gasteiger partial charge >= 0.3 is 0 Å². The molecule has 1 amide bonds. The number of halogens is 2. The van der Waals surface area contributed by atoms with Crippen molar-refractivity contribution in [2.75, 3.05) is 26.4 Å². The quantitative estimate of drug-likeness (QED) is 0.783. The number of amides is 1. The van der Waals surface area contributed by atoms with Gasteiger partial charge in [-0.25, -0.2) is 0 Å². The first kappa shape index (κ1) is 19.3. The second-order valence-electron chi connectivity index (χ2n) is 5.98. The van der Waals surface area contributed by atoms with Crippen LogP contribution in [0.25, 0.3) is 0 Å². The Labute approximate surface area is 155 Å². The van der Waals surface area contributed by atoms with Crippen molar-refractivity contribution in [3.8, 4) is 11.5 Å². The predicted molar refractivity (Wildman–Crippen MR) is 95.9 cm³/mol. The first-order valence-corrected chi connectivity index (χ1v) is 8.55. The van der Waals surface area contributed by atoms with Crippen LogP contribution in [0.2, 0.25) is 0 Å². The molecule has 0 aromatic heterocycles. The van der Waals surface area contributed by atoms with Crippen LogP contribution in [0.1, 0.15) is 31.4 Å². The molecule has 2 heterocycles. The van der Waals surface area contributed by atoms with E-state index in [1.165, 1.54) is 0 Å². The zero-order valence-corrected chi connectivity index (χ0v) is 15.9. The number of ether oxygens (including phenoxy) is 3. The highest BCUT2D eigenvalue weighted by Crippen LogP contribution is 2.38. The highest BCUT2D eigenvalue weighted by molar-refractivity contribution is 9.10. The van der Waals surface area contributed by atoms with E-state index in [1.54, 1.807) is 0 Å². The second kappa shape index (κ2) is 7.91. The van der Waals surface area contributed by atoms with Crippen LogP contribution in [-0.4, -0.2) is 37.9 Å². The van der Waals surface area contributed by atoms with Crippen LogP contribution in [0.4, 0.5) is 0 Å². The Morgan fingerprint density at radius 1 is 1.21 bits per heavy atom. The summed E-state index contributed by atoms with van der Waals surface area (Å²) < 4.78 is 17.3. The molecule has 2 aliphatic heterocycles. The van der Waals surface area contributed by atoms with E-state index in [-0.39, 0.29) is 24.4 Å². The summed E-state index contributed by atoms with van der Waals surface area (Å²) in [7, 11) is 0. The van der Waals surface area contributed by atoms with Crippen molar-refractivity contribution in [2.45, 2.75) is 31.3 Å². The van der Waals surface area contributed by atoms with Gasteiger partial charge in [0.05, 0.1) is 11.6 Å². The Kier molecular flexibility index (Phi) is 6.36. The molecule has 2 aliphatic rings. The lowest BCUT2D eigenvalue weighted by Crippen LogP contribution is -2.57. The van der Waals surface area contributed by atoms with Crippen LogP contribution in [0, 0.1) is 0 Å². The van der Waals surface area contributed by atoms with Gasteiger partial charge in [-0.15, -0.1) is 12.4 Å². The van der Waals surface area contributed by atoms with Crippen molar-refractivity contribution in [1.29, 1.82) is 0 Å². The lowest BCUT2D eigenvalue weighted by Gasteiger charge is -2.33. The number of carbonyl (C=O) groups excluding carboxylic acids is 1. The van der Waals surface area contributed by atoms with Crippen molar-refractivity contribution in [1.82, 2.24) is 5.32 Å². The molecule has 24 heavy (non-hydrogen) atoms. The van der Waals surface area contributed by atoms with Gasteiger partial charge in [-0.1, -0.05) is 15.9 Å². The van der Waals surface area contributed by atoms with Gasteiger partial charge in [0.25, 0.3) is 0 Å². The lowest BCUT2D eigenvalue weighted by atomic mass is 9.90. The number of hydrogen-bond acceptors (Lipinski definition) is 5. The van der Waals surface area contributed by atoms with E-state index in [4.69, 9.17) is 19.9 Å². The first-order valence-electron chi connectivity index (χ1n) is 7.76. The number of fused-ring (bicyclic) bond motifs is 1. The summed E-state index contributed by atoms with van der Waals surface area (Å²) >= 11 is 3.54. The van der Waals surface area contributed by atoms with Crippen LogP contribution in [0.3, 0.4) is 0 Å². The SMILES string of the molecule is CC(NC(=O)C1(N)CCOCC1)c1cc2c(cc1Br)OCCO2.Cl. The average molecular weight is 422 g/mol. The molecule has 0 aliphatic carbocycles. The minimum atomic E-state index is -0.854. The fourth-order valence-corrected chi connectivity index (χ4v) is 3.46. The fourth-order valence-electron chi connectivity index (χ4n) is 2.79. The normalized spacial score (nSPS) is 19.8. The van der Waals surface area contributed by atoms with E-state index in [0.29, 0.717) is 50.8 Å². The lowest BCUT2D eigenvalue weighted by molar-refractivity contribution is -0.130. The maximum atomic E-state index is 12.5. The fraction of sp³-hybridized carbons (Fsp3) is 0.562. The molecule has 6 nitrogen and oxygen atoms in total. The minimum absolute atomic E-state index is 0. The Bertz CT molecular complexity index is 608. The second-order valence-corrected chi connectivity index (χ2v) is 6.84. The van der Waals surface area contributed by atoms with Gasteiger partial charge in [-0.2, -0.15) is 0 Å². The largest absolute Gasteiger partial charge is 0.486 e. The first-order chi connectivity index (χ1) is 11.0. The Hall–Kier alpha value is -1.02. The molecule has 1 aromatic carbocycles. The average Bonchev–Trinajstić information content (AvgIpc) is 2.54. The molecule has 1 saturated heterocycles. The molecule has 3 N–H and O–H groups in total. The molecule has 0 bridgehead atoms. The van der Waals surface area contributed by atoms with Gasteiger partial charge in [0.15, 0.2) is 11.5 Å². The number of nitrogens with two attached hydrogens (primary N) is 1. The van der Waals surface area contributed by atoms with E-state index in [2.05, 4.69) is 21.2 Å². The van der Waals surface area contributed by atoms with Gasteiger partial charge in [0, 0.05) is 17.7 Å². The van der Waals surface area contributed by atoms with Crippen molar-refractivity contribution in [3.63, 3.8) is 0 Å². The summed E-state index contributed by atoms with van der Waals surface area (Å²) in [6.07, 6.45) is 1.07. The maximum absolute atomic E-state index is 12.5. The van der Waals surface area contributed by atoms with Crippen LogP contribution >= 0.6 is 28.3 Å². The zero-order chi connectivity index (χ0) is 16.4. The Morgan fingerprint density at radius 3 is 2.42 bits per heavy atom. The molecule has 1 unspecified atom stereocenters. The number of rotatable bonds is 3. The summed E-state index contributed by atoms with van der Waals surface area (Å²) in [6, 6.07) is 3.58. The maximum Gasteiger partial charge on any atom is 0.240 e. The van der Waals surface area contributed by atoms with E-state index < -0.39 is 5.54 Å². The van der Waals surface area contributed by atoms with Crippen molar-refractivity contribution in [2.24, 2.45) is 5.73 Å². The molecule has 1 atom stereocenters. The molecule has 0 spiro atoms. The number of benzene rings is 1.